The van der Waals surface area contributed by atoms with Gasteiger partial charge < -0.3 is 0 Å². The molecule has 1 heterocycles. The molecule has 0 spiro atoms. The van der Waals surface area contributed by atoms with Crippen LogP contribution < -0.4 is 4.72 Å². The van der Waals surface area contributed by atoms with Crippen molar-refractivity contribution >= 4 is 39.2 Å². The molecule has 0 atom stereocenters. The number of fused-ring (bicyclic) bond motifs is 1. The number of carbonyl (C=O) groups excluding carboxylic acids is 1. The fraction of sp³-hybridized carbons (Fsp3) is 0.231. The molecule has 0 unspecified atom stereocenters. The van der Waals surface area contributed by atoms with Crippen LogP contribution in [-0.4, -0.2) is 19.2 Å². The van der Waals surface area contributed by atoms with Crippen molar-refractivity contribution < 1.29 is 26.4 Å². The molecule has 2 aliphatic carbocycles. The van der Waals surface area contributed by atoms with Gasteiger partial charge in [0, 0.05) is 35.7 Å². The van der Waals surface area contributed by atoms with Gasteiger partial charge in [-0.25, -0.2) is 8.42 Å². The van der Waals surface area contributed by atoms with E-state index in [1.807, 2.05) is 18.2 Å². The second-order valence-corrected chi connectivity index (χ2v) is 11.0. The third kappa shape index (κ3) is 5.03. The number of rotatable bonds is 7. The summed E-state index contributed by atoms with van der Waals surface area (Å²) in [5, 5.41) is -0.581. The number of nitrogens with zero attached hydrogens (tertiary/aromatic N) is 1. The number of aromatic nitrogens is 1. The van der Waals surface area contributed by atoms with E-state index in [-0.39, 0.29) is 23.8 Å². The summed E-state index contributed by atoms with van der Waals surface area (Å²) in [4.78, 5) is 16.4. The molecule has 2 aromatic carbocycles. The fourth-order valence-electron chi connectivity index (χ4n) is 4.17. The van der Waals surface area contributed by atoms with Crippen LogP contribution in [0.2, 0.25) is 5.02 Å². The number of ketones is 1. The predicted molar refractivity (Wildman–Crippen MR) is 131 cm³/mol. The molecule has 5 nitrogen and oxygen atoms in total. The summed E-state index contributed by atoms with van der Waals surface area (Å²) in [5.74, 6) is 0.335. The van der Waals surface area contributed by atoms with Gasteiger partial charge in [0.15, 0.2) is 0 Å². The van der Waals surface area contributed by atoms with Crippen LogP contribution in [0.25, 0.3) is 17.2 Å². The first-order valence-corrected chi connectivity index (χ1v) is 13.1. The van der Waals surface area contributed by atoms with E-state index in [0.717, 1.165) is 47.4 Å². The highest BCUT2D eigenvalue weighted by Gasteiger charge is 2.34. The van der Waals surface area contributed by atoms with Crippen LogP contribution in [0.4, 0.5) is 18.9 Å². The maximum absolute atomic E-state index is 13.2. The molecule has 2 aliphatic rings. The third-order valence-corrected chi connectivity index (χ3v) is 7.88. The fourth-order valence-corrected chi connectivity index (χ4v) is 5.48. The maximum Gasteiger partial charge on any atom is 0.417 e. The number of hydrogen-bond donors (Lipinski definition) is 1. The monoisotopic (exact) mass is 532 g/mol. The first-order valence-electron chi connectivity index (χ1n) is 11.2. The second kappa shape index (κ2) is 9.05. The van der Waals surface area contributed by atoms with Crippen molar-refractivity contribution in [2.75, 3.05) is 4.72 Å². The molecule has 0 radical (unpaired) electrons. The number of nitrogens with one attached hydrogen (secondary N) is 1. The lowest BCUT2D eigenvalue weighted by Gasteiger charge is -2.14. The molecule has 5 rings (SSSR count). The lowest BCUT2D eigenvalue weighted by molar-refractivity contribution is -0.137. The highest BCUT2D eigenvalue weighted by atomic mass is 35.5. The van der Waals surface area contributed by atoms with Crippen molar-refractivity contribution in [3.05, 3.63) is 82.1 Å². The smallest absolute Gasteiger partial charge is 0.299 e. The third-order valence-electron chi connectivity index (χ3n) is 6.18. The number of carbonyl (C=O) groups is 1. The number of anilines is 1. The van der Waals surface area contributed by atoms with Crippen molar-refractivity contribution in [1.82, 2.24) is 4.98 Å². The van der Waals surface area contributed by atoms with Gasteiger partial charge in [-0.05, 0) is 60.4 Å². The Morgan fingerprint density at radius 1 is 1.08 bits per heavy atom. The van der Waals surface area contributed by atoms with Crippen LogP contribution in [-0.2, 0) is 33.8 Å². The van der Waals surface area contributed by atoms with Gasteiger partial charge in [-0.2, -0.15) is 13.2 Å². The first kappa shape index (κ1) is 24.5. The number of alkyl halides is 3. The Kier molecular flexibility index (Phi) is 6.16. The van der Waals surface area contributed by atoms with Crippen LogP contribution in [0.3, 0.4) is 0 Å². The average Bonchev–Trinajstić information content (AvgIpc) is 3.56. The van der Waals surface area contributed by atoms with Crippen LogP contribution in [0.15, 0.2) is 59.5 Å². The zero-order valence-electron chi connectivity index (χ0n) is 18.8. The van der Waals surface area contributed by atoms with E-state index < -0.39 is 31.7 Å². The normalized spacial score (nSPS) is 15.1. The number of hydrogen-bond acceptors (Lipinski definition) is 4. The summed E-state index contributed by atoms with van der Waals surface area (Å²) in [5.41, 5.74) is 3.19. The average molecular weight is 533 g/mol. The van der Waals surface area contributed by atoms with Crippen LogP contribution in [0.5, 0.6) is 0 Å². The molecule has 0 bridgehead atoms. The number of halogens is 4. The maximum atomic E-state index is 13.2. The van der Waals surface area contributed by atoms with Gasteiger partial charge in [-0.3, -0.25) is 14.5 Å². The molecule has 36 heavy (non-hydrogen) atoms. The molecule has 1 saturated carbocycles. The van der Waals surface area contributed by atoms with Crippen molar-refractivity contribution in [2.45, 2.75) is 36.8 Å². The topological polar surface area (TPSA) is 76.1 Å². The molecule has 3 aromatic rings. The second-order valence-electron chi connectivity index (χ2n) is 8.87. The van der Waals surface area contributed by atoms with Crippen molar-refractivity contribution in [1.29, 1.82) is 0 Å². The SMILES string of the molecule is O=C(Cc1cc(-c2ccc(NS(=O)(=O)c3ccc(Cl)c(C(F)(F)F)c3)cc2)c2c(n1)CC=C2)C1CC1. The molecule has 186 valence electrons. The van der Waals surface area contributed by atoms with E-state index in [9.17, 15) is 26.4 Å². The molecule has 0 aliphatic heterocycles. The quantitative estimate of drug-likeness (QED) is 0.387. The minimum atomic E-state index is -4.79. The van der Waals surface area contributed by atoms with Gasteiger partial charge in [0.2, 0.25) is 0 Å². The van der Waals surface area contributed by atoms with Crippen LogP contribution in [0, 0.1) is 5.92 Å². The number of pyridine rings is 1. The van der Waals surface area contributed by atoms with E-state index in [1.54, 1.807) is 12.1 Å². The standard InChI is InChI=1S/C26H20ClF3N2O3S/c27-23-11-10-19(14-22(23)26(28,29)30)36(34,35)32-17-8-6-15(7-9-17)21-12-18(13-25(33)16-4-5-16)31-24-3-1-2-20(21)24/h1-2,6-12,14,16,32H,3-5,13H2. The molecule has 0 amide bonds. The summed E-state index contributed by atoms with van der Waals surface area (Å²) in [6.45, 7) is 0. The molecule has 0 saturated heterocycles. The lowest BCUT2D eigenvalue weighted by Crippen LogP contribution is -2.15. The minimum Gasteiger partial charge on any atom is -0.299 e. The minimum absolute atomic E-state index is 0.141. The summed E-state index contributed by atoms with van der Waals surface area (Å²) in [6, 6.07) is 10.8. The van der Waals surface area contributed by atoms with Crippen molar-refractivity contribution in [2.24, 2.45) is 5.92 Å². The van der Waals surface area contributed by atoms with E-state index in [4.69, 9.17) is 11.6 Å². The highest BCUT2D eigenvalue weighted by molar-refractivity contribution is 7.92. The zero-order chi connectivity index (χ0) is 25.7. The molecule has 1 N–H and O–H groups in total. The number of Topliss-reactive ketones (excluding diaryl/α,β-unsaturated/α-hetero) is 1. The summed E-state index contributed by atoms with van der Waals surface area (Å²) < 4.78 is 67.3. The van der Waals surface area contributed by atoms with Crippen molar-refractivity contribution in [3.8, 4) is 11.1 Å². The Balaban J connectivity index is 1.41. The Hall–Kier alpha value is -3.17. The van der Waals surface area contributed by atoms with Gasteiger partial charge in [0.25, 0.3) is 10.0 Å². The van der Waals surface area contributed by atoms with Crippen LogP contribution in [0.1, 0.15) is 35.4 Å². The van der Waals surface area contributed by atoms with Gasteiger partial charge >= 0.3 is 6.18 Å². The lowest BCUT2D eigenvalue weighted by atomic mass is 9.97. The summed E-state index contributed by atoms with van der Waals surface area (Å²) in [7, 11) is -4.29. The zero-order valence-corrected chi connectivity index (χ0v) is 20.3. The molecular formula is C26H20ClF3N2O3S. The summed E-state index contributed by atoms with van der Waals surface area (Å²) >= 11 is 5.60. The van der Waals surface area contributed by atoms with Crippen LogP contribution >= 0.6 is 11.6 Å². The number of sulfonamides is 1. The predicted octanol–water partition coefficient (Wildman–Crippen LogP) is 6.31. The first-order chi connectivity index (χ1) is 17.0. The molecular weight excluding hydrogens is 513 g/mol. The van der Waals surface area contributed by atoms with Crippen molar-refractivity contribution in [3.63, 3.8) is 0 Å². The Morgan fingerprint density at radius 3 is 2.47 bits per heavy atom. The van der Waals surface area contributed by atoms with E-state index >= 15 is 0 Å². The highest BCUT2D eigenvalue weighted by Crippen LogP contribution is 2.37. The summed E-state index contributed by atoms with van der Waals surface area (Å²) in [6.07, 6.45) is 2.01. The number of benzene rings is 2. The van der Waals surface area contributed by atoms with E-state index in [1.165, 1.54) is 12.1 Å². The molecule has 1 fully saturated rings. The Morgan fingerprint density at radius 2 is 1.81 bits per heavy atom. The molecule has 10 heteroatoms. The Bertz CT molecular complexity index is 1500. The van der Waals surface area contributed by atoms with Gasteiger partial charge in [-0.1, -0.05) is 35.9 Å². The number of allylic oxidation sites excluding steroid dienone is 1. The van der Waals surface area contributed by atoms with Gasteiger partial charge in [-0.15, -0.1) is 0 Å². The van der Waals surface area contributed by atoms with E-state index in [2.05, 4.69) is 9.71 Å². The Labute approximate surface area is 211 Å². The van der Waals surface area contributed by atoms with Gasteiger partial charge in [0.1, 0.15) is 5.78 Å². The largest absolute Gasteiger partial charge is 0.417 e. The molecule has 1 aromatic heterocycles. The van der Waals surface area contributed by atoms with E-state index in [0.29, 0.717) is 18.2 Å². The van der Waals surface area contributed by atoms with Gasteiger partial charge in [0.05, 0.1) is 21.2 Å².